The van der Waals surface area contributed by atoms with Gasteiger partial charge in [-0.25, -0.2) is 8.42 Å². The molecule has 0 radical (unpaired) electrons. The molecular weight excluding hydrogens is 268 g/mol. The molecule has 2 fully saturated rings. The highest BCUT2D eigenvalue weighted by Gasteiger charge is 2.37. The molecule has 1 aliphatic heterocycles. The number of carbonyl (C=O) groups is 1. The molecule has 0 aromatic rings. The van der Waals surface area contributed by atoms with E-state index in [1.165, 1.54) is 6.26 Å². The largest absolute Gasteiger partial charge is 0.480 e. The summed E-state index contributed by atoms with van der Waals surface area (Å²) in [6.45, 7) is 1.89. The van der Waals surface area contributed by atoms with Crippen LogP contribution in [0.4, 0.5) is 0 Å². The second-order valence-corrected chi connectivity index (χ2v) is 7.89. The average Bonchev–Trinajstić information content (AvgIpc) is 2.38. The minimum Gasteiger partial charge on any atom is -0.480 e. The molecule has 0 aromatic heterocycles. The zero-order valence-corrected chi connectivity index (χ0v) is 12.0. The summed E-state index contributed by atoms with van der Waals surface area (Å²) in [5.41, 5.74) is 0. The van der Waals surface area contributed by atoms with Crippen LogP contribution >= 0.6 is 0 Å². The summed E-state index contributed by atoms with van der Waals surface area (Å²) in [5.74, 6) is -0.825. The van der Waals surface area contributed by atoms with Crippen molar-refractivity contribution in [3.05, 3.63) is 0 Å². The Morgan fingerprint density at radius 3 is 2.74 bits per heavy atom. The Hall–Kier alpha value is -0.660. The van der Waals surface area contributed by atoms with E-state index in [0.717, 1.165) is 19.4 Å². The SMILES string of the molecule is CS(=O)(=O)C1CCCC(N2CCNCC2C(=O)O)C1. The molecule has 3 unspecified atom stereocenters. The number of piperazine rings is 1. The lowest BCUT2D eigenvalue weighted by atomic mass is 9.92. The monoisotopic (exact) mass is 290 g/mol. The molecule has 1 saturated carbocycles. The zero-order valence-electron chi connectivity index (χ0n) is 11.2. The molecule has 1 aliphatic carbocycles. The van der Waals surface area contributed by atoms with Crippen LogP contribution in [0.15, 0.2) is 0 Å². The van der Waals surface area contributed by atoms with Gasteiger partial charge in [0, 0.05) is 31.9 Å². The van der Waals surface area contributed by atoms with Crippen molar-refractivity contribution < 1.29 is 18.3 Å². The molecule has 0 bridgehead atoms. The lowest BCUT2D eigenvalue weighted by Gasteiger charge is -2.42. The Kier molecular flexibility index (Phi) is 4.47. The number of hydrogen-bond acceptors (Lipinski definition) is 5. The zero-order chi connectivity index (χ0) is 14.0. The van der Waals surface area contributed by atoms with Gasteiger partial charge in [0.15, 0.2) is 0 Å². The Labute approximate surface area is 114 Å². The van der Waals surface area contributed by atoms with E-state index in [1.54, 1.807) is 0 Å². The fourth-order valence-electron chi connectivity index (χ4n) is 3.20. The molecule has 19 heavy (non-hydrogen) atoms. The van der Waals surface area contributed by atoms with Crippen molar-refractivity contribution in [1.82, 2.24) is 10.2 Å². The van der Waals surface area contributed by atoms with E-state index >= 15 is 0 Å². The maximum atomic E-state index is 11.7. The predicted octanol–water partition coefficient (Wildman–Crippen LogP) is -0.299. The quantitative estimate of drug-likeness (QED) is 0.742. The predicted molar refractivity (Wildman–Crippen MR) is 71.9 cm³/mol. The van der Waals surface area contributed by atoms with Crippen LogP contribution in [0.3, 0.4) is 0 Å². The summed E-state index contributed by atoms with van der Waals surface area (Å²) < 4.78 is 23.4. The van der Waals surface area contributed by atoms with E-state index in [9.17, 15) is 18.3 Å². The standard InChI is InChI=1S/C12H22N2O4S/c1-19(17,18)10-4-2-3-9(7-10)14-6-5-13-8-11(14)12(15)16/h9-11,13H,2-8H2,1H3,(H,15,16). The molecule has 0 spiro atoms. The number of hydrogen-bond donors (Lipinski definition) is 2. The summed E-state index contributed by atoms with van der Waals surface area (Å²) in [6, 6.07) is -0.450. The third-order valence-corrected chi connectivity index (χ3v) is 5.88. The van der Waals surface area contributed by atoms with E-state index in [0.29, 0.717) is 25.9 Å². The van der Waals surface area contributed by atoms with E-state index < -0.39 is 21.8 Å². The number of nitrogens with one attached hydrogen (secondary N) is 1. The molecule has 110 valence electrons. The highest BCUT2D eigenvalue weighted by molar-refractivity contribution is 7.91. The maximum absolute atomic E-state index is 11.7. The number of carboxylic acids is 1. The molecule has 2 aliphatic rings. The lowest BCUT2D eigenvalue weighted by molar-refractivity contribution is -0.145. The van der Waals surface area contributed by atoms with Gasteiger partial charge in [-0.3, -0.25) is 9.69 Å². The van der Waals surface area contributed by atoms with Crippen LogP contribution in [0.25, 0.3) is 0 Å². The highest BCUT2D eigenvalue weighted by Crippen LogP contribution is 2.28. The summed E-state index contributed by atoms with van der Waals surface area (Å²) in [5, 5.41) is 12.0. The van der Waals surface area contributed by atoms with Crippen LogP contribution in [0.5, 0.6) is 0 Å². The molecule has 0 amide bonds. The van der Waals surface area contributed by atoms with Crippen molar-refractivity contribution in [2.45, 2.75) is 43.0 Å². The Morgan fingerprint density at radius 1 is 1.37 bits per heavy atom. The van der Waals surface area contributed by atoms with Crippen LogP contribution in [0, 0.1) is 0 Å². The second kappa shape index (κ2) is 5.76. The van der Waals surface area contributed by atoms with Gasteiger partial charge in [0.1, 0.15) is 15.9 Å². The van der Waals surface area contributed by atoms with E-state index in [2.05, 4.69) is 5.32 Å². The van der Waals surface area contributed by atoms with Crippen LogP contribution in [0.2, 0.25) is 0 Å². The van der Waals surface area contributed by atoms with Gasteiger partial charge in [-0.05, 0) is 19.3 Å². The average molecular weight is 290 g/mol. The fraction of sp³-hybridized carbons (Fsp3) is 0.917. The summed E-state index contributed by atoms with van der Waals surface area (Å²) in [7, 11) is -3.02. The van der Waals surface area contributed by atoms with E-state index in [-0.39, 0.29) is 11.3 Å². The summed E-state index contributed by atoms with van der Waals surface area (Å²) >= 11 is 0. The van der Waals surface area contributed by atoms with Gasteiger partial charge in [0.25, 0.3) is 0 Å². The van der Waals surface area contributed by atoms with E-state index in [1.807, 2.05) is 4.90 Å². The molecule has 7 heteroatoms. The van der Waals surface area contributed by atoms with Gasteiger partial charge >= 0.3 is 5.97 Å². The van der Waals surface area contributed by atoms with Gasteiger partial charge in [-0.2, -0.15) is 0 Å². The number of aliphatic carboxylic acids is 1. The Morgan fingerprint density at radius 2 is 2.11 bits per heavy atom. The minimum atomic E-state index is -3.02. The summed E-state index contributed by atoms with van der Waals surface area (Å²) in [4.78, 5) is 13.3. The molecule has 0 aromatic carbocycles. The lowest BCUT2D eigenvalue weighted by Crippen LogP contribution is -2.59. The van der Waals surface area contributed by atoms with Crippen molar-refractivity contribution >= 4 is 15.8 Å². The first-order valence-corrected chi connectivity index (χ1v) is 8.73. The van der Waals surface area contributed by atoms with Crippen LogP contribution < -0.4 is 5.32 Å². The second-order valence-electron chi connectivity index (χ2n) is 5.57. The highest BCUT2D eigenvalue weighted by atomic mass is 32.2. The number of carboxylic acid groups (broad SMARTS) is 1. The van der Waals surface area contributed by atoms with Crippen molar-refractivity contribution in [2.75, 3.05) is 25.9 Å². The van der Waals surface area contributed by atoms with Crippen LogP contribution in [-0.4, -0.2) is 67.6 Å². The molecule has 1 heterocycles. The number of sulfone groups is 1. The van der Waals surface area contributed by atoms with E-state index in [4.69, 9.17) is 0 Å². The molecular formula is C12H22N2O4S. The van der Waals surface area contributed by atoms with Crippen molar-refractivity contribution in [1.29, 1.82) is 0 Å². The third-order valence-electron chi connectivity index (χ3n) is 4.24. The minimum absolute atomic E-state index is 0.0803. The molecule has 1 saturated heterocycles. The van der Waals surface area contributed by atoms with Crippen LogP contribution in [-0.2, 0) is 14.6 Å². The summed E-state index contributed by atoms with van der Waals surface area (Å²) in [6.07, 6.45) is 4.32. The number of rotatable bonds is 3. The van der Waals surface area contributed by atoms with Gasteiger partial charge in [0.2, 0.25) is 0 Å². The molecule has 2 N–H and O–H groups in total. The normalized spacial score (nSPS) is 34.1. The van der Waals surface area contributed by atoms with Crippen molar-refractivity contribution in [2.24, 2.45) is 0 Å². The van der Waals surface area contributed by atoms with Gasteiger partial charge in [0.05, 0.1) is 5.25 Å². The van der Waals surface area contributed by atoms with Crippen molar-refractivity contribution in [3.63, 3.8) is 0 Å². The fourth-order valence-corrected chi connectivity index (χ4v) is 4.36. The van der Waals surface area contributed by atoms with Gasteiger partial charge in [-0.15, -0.1) is 0 Å². The Balaban J connectivity index is 2.09. The number of nitrogens with zero attached hydrogens (tertiary/aromatic N) is 1. The Bertz CT molecular complexity index is 437. The van der Waals surface area contributed by atoms with Gasteiger partial charge in [-0.1, -0.05) is 6.42 Å². The third kappa shape index (κ3) is 3.46. The maximum Gasteiger partial charge on any atom is 0.322 e. The smallest absolute Gasteiger partial charge is 0.322 e. The topological polar surface area (TPSA) is 86.7 Å². The van der Waals surface area contributed by atoms with Gasteiger partial charge < -0.3 is 10.4 Å². The molecule has 6 nitrogen and oxygen atoms in total. The first-order valence-electron chi connectivity index (χ1n) is 6.77. The molecule has 2 rings (SSSR count). The first-order chi connectivity index (χ1) is 8.89. The van der Waals surface area contributed by atoms with Crippen molar-refractivity contribution in [3.8, 4) is 0 Å². The van der Waals surface area contributed by atoms with Crippen LogP contribution in [0.1, 0.15) is 25.7 Å². The first kappa shape index (κ1) is 14.7. The molecule has 3 atom stereocenters.